The van der Waals surface area contributed by atoms with E-state index in [2.05, 4.69) is 4.98 Å². The van der Waals surface area contributed by atoms with Crippen LogP contribution in [0.3, 0.4) is 0 Å². The molecule has 1 rings (SSSR count). The van der Waals surface area contributed by atoms with Crippen molar-refractivity contribution in [1.82, 2.24) is 9.29 Å². The Bertz CT molecular complexity index is 474. The second-order valence-electron chi connectivity index (χ2n) is 4.00. The summed E-state index contributed by atoms with van der Waals surface area (Å²) in [5, 5.41) is 0. The molecule has 0 atom stereocenters. The molecule has 0 amide bonds. The first kappa shape index (κ1) is 15.1. The summed E-state index contributed by atoms with van der Waals surface area (Å²) in [6.45, 7) is 5.00. The lowest BCUT2D eigenvalue weighted by Crippen LogP contribution is -2.32. The molecule has 1 aromatic heterocycles. The molecule has 5 nitrogen and oxygen atoms in total. The molecule has 0 aliphatic carbocycles. The third-order valence-corrected chi connectivity index (χ3v) is 4.82. The van der Waals surface area contributed by atoms with Crippen LogP contribution in [0, 0.1) is 0 Å². The van der Waals surface area contributed by atoms with E-state index in [4.69, 9.17) is 5.73 Å². The van der Waals surface area contributed by atoms with E-state index >= 15 is 0 Å². The van der Waals surface area contributed by atoms with Gasteiger partial charge in [-0.15, -0.1) is 0 Å². The Morgan fingerprint density at radius 3 is 2.67 bits per heavy atom. The number of nitrogens with two attached hydrogens (primary N) is 1. The smallest absolute Gasteiger partial charge is 0.244 e. The highest BCUT2D eigenvalue weighted by molar-refractivity contribution is 7.89. The van der Waals surface area contributed by atoms with Crippen LogP contribution in [-0.2, 0) is 16.6 Å². The van der Waals surface area contributed by atoms with E-state index in [1.807, 2.05) is 13.8 Å². The summed E-state index contributed by atoms with van der Waals surface area (Å²) in [6.07, 6.45) is 3.37. The summed E-state index contributed by atoms with van der Waals surface area (Å²) in [6, 6.07) is 3.19. The number of hydrogen-bond donors (Lipinski definition) is 1. The number of aromatic nitrogens is 1. The molecule has 0 radical (unpaired) electrons. The predicted octanol–water partition coefficient (Wildman–Crippen LogP) is 1.35. The van der Waals surface area contributed by atoms with E-state index in [-0.39, 0.29) is 11.4 Å². The van der Waals surface area contributed by atoms with Crippen LogP contribution in [0.1, 0.15) is 32.4 Å². The molecule has 1 aromatic rings. The molecule has 0 saturated carbocycles. The second-order valence-corrected chi connectivity index (χ2v) is 5.91. The molecule has 6 heteroatoms. The van der Waals surface area contributed by atoms with Crippen LogP contribution in [0.15, 0.2) is 23.2 Å². The van der Waals surface area contributed by atoms with Gasteiger partial charge < -0.3 is 5.73 Å². The van der Waals surface area contributed by atoms with Gasteiger partial charge >= 0.3 is 0 Å². The molecule has 0 saturated heterocycles. The lowest BCUT2D eigenvalue weighted by Gasteiger charge is -2.21. The van der Waals surface area contributed by atoms with Crippen molar-refractivity contribution in [2.75, 3.05) is 13.1 Å². The van der Waals surface area contributed by atoms with Crippen LogP contribution in [0.5, 0.6) is 0 Å². The van der Waals surface area contributed by atoms with E-state index < -0.39 is 10.0 Å². The highest BCUT2D eigenvalue weighted by Crippen LogP contribution is 2.18. The third kappa shape index (κ3) is 3.28. The zero-order valence-electron chi connectivity index (χ0n) is 11.0. The Hall–Kier alpha value is -0.980. The quantitative estimate of drug-likeness (QED) is 0.812. The molecule has 0 bridgehead atoms. The van der Waals surface area contributed by atoms with Crippen molar-refractivity contribution >= 4 is 10.0 Å². The van der Waals surface area contributed by atoms with Gasteiger partial charge in [0.15, 0.2) is 0 Å². The summed E-state index contributed by atoms with van der Waals surface area (Å²) >= 11 is 0. The standard InChI is InChI=1S/C12H21N3O2S/c1-3-5-9-15(4-2)18(16,17)12-7-6-8-14-11(12)10-13/h6-8H,3-5,9-10,13H2,1-2H3. The molecule has 1 heterocycles. The number of nitrogens with zero attached hydrogens (tertiary/aromatic N) is 2. The Labute approximate surface area is 109 Å². The van der Waals surface area contributed by atoms with Crippen molar-refractivity contribution in [1.29, 1.82) is 0 Å². The molecule has 2 N–H and O–H groups in total. The first-order chi connectivity index (χ1) is 8.57. The molecule has 102 valence electrons. The van der Waals surface area contributed by atoms with Crippen LogP contribution in [0.25, 0.3) is 0 Å². The maximum Gasteiger partial charge on any atom is 0.244 e. The first-order valence-corrected chi connectivity index (χ1v) is 7.66. The molecule has 0 spiro atoms. The number of pyridine rings is 1. The van der Waals surface area contributed by atoms with Crippen LogP contribution < -0.4 is 5.73 Å². The summed E-state index contributed by atoms with van der Waals surface area (Å²) in [5.74, 6) is 0. The van der Waals surface area contributed by atoms with Crippen LogP contribution >= 0.6 is 0 Å². The van der Waals surface area contributed by atoms with E-state index in [1.54, 1.807) is 18.3 Å². The fourth-order valence-electron chi connectivity index (χ4n) is 1.73. The monoisotopic (exact) mass is 271 g/mol. The average molecular weight is 271 g/mol. The SMILES string of the molecule is CCCCN(CC)S(=O)(=O)c1cccnc1CN. The van der Waals surface area contributed by atoms with Gasteiger partial charge in [-0.1, -0.05) is 20.3 Å². The molecular weight excluding hydrogens is 250 g/mol. The lowest BCUT2D eigenvalue weighted by molar-refractivity contribution is 0.418. The topological polar surface area (TPSA) is 76.3 Å². The number of rotatable bonds is 7. The summed E-state index contributed by atoms with van der Waals surface area (Å²) in [4.78, 5) is 4.26. The zero-order valence-corrected chi connectivity index (χ0v) is 11.8. The van der Waals surface area contributed by atoms with E-state index in [0.717, 1.165) is 12.8 Å². The molecule has 0 aromatic carbocycles. The van der Waals surface area contributed by atoms with Crippen molar-refractivity contribution in [3.8, 4) is 0 Å². The Balaban J connectivity index is 3.10. The minimum absolute atomic E-state index is 0.126. The maximum absolute atomic E-state index is 12.5. The van der Waals surface area contributed by atoms with Crippen LogP contribution in [0.2, 0.25) is 0 Å². The van der Waals surface area contributed by atoms with Gasteiger partial charge in [-0.05, 0) is 18.6 Å². The van der Waals surface area contributed by atoms with Gasteiger partial charge in [0, 0.05) is 25.8 Å². The molecular formula is C12H21N3O2S. The van der Waals surface area contributed by atoms with Crippen LogP contribution in [-0.4, -0.2) is 30.8 Å². The third-order valence-electron chi connectivity index (χ3n) is 2.77. The van der Waals surface area contributed by atoms with Crippen molar-refractivity contribution < 1.29 is 8.42 Å². The maximum atomic E-state index is 12.5. The van der Waals surface area contributed by atoms with Crippen molar-refractivity contribution in [3.05, 3.63) is 24.0 Å². The Morgan fingerprint density at radius 1 is 1.39 bits per heavy atom. The second kappa shape index (κ2) is 6.82. The first-order valence-electron chi connectivity index (χ1n) is 6.22. The predicted molar refractivity (Wildman–Crippen MR) is 71.5 cm³/mol. The minimum Gasteiger partial charge on any atom is -0.325 e. The lowest BCUT2D eigenvalue weighted by atomic mass is 10.3. The molecule has 18 heavy (non-hydrogen) atoms. The highest BCUT2D eigenvalue weighted by atomic mass is 32.2. The molecule has 0 aliphatic rings. The van der Waals surface area contributed by atoms with Crippen molar-refractivity contribution in [3.63, 3.8) is 0 Å². The summed E-state index contributed by atoms with van der Waals surface area (Å²) in [7, 11) is -3.48. The van der Waals surface area contributed by atoms with E-state index in [0.29, 0.717) is 18.8 Å². The summed E-state index contributed by atoms with van der Waals surface area (Å²) < 4.78 is 26.4. The van der Waals surface area contributed by atoms with Gasteiger partial charge in [0.1, 0.15) is 4.90 Å². The van der Waals surface area contributed by atoms with Crippen molar-refractivity contribution in [2.45, 2.75) is 38.1 Å². The minimum atomic E-state index is -3.48. The number of hydrogen-bond acceptors (Lipinski definition) is 4. The fourth-order valence-corrected chi connectivity index (χ4v) is 3.41. The zero-order chi connectivity index (χ0) is 13.6. The Kier molecular flexibility index (Phi) is 5.71. The molecule has 0 fully saturated rings. The van der Waals surface area contributed by atoms with Crippen molar-refractivity contribution in [2.24, 2.45) is 5.73 Å². The van der Waals surface area contributed by atoms with Gasteiger partial charge in [-0.25, -0.2) is 8.42 Å². The largest absolute Gasteiger partial charge is 0.325 e. The number of unbranched alkanes of at least 4 members (excludes halogenated alkanes) is 1. The molecule has 0 aliphatic heterocycles. The van der Waals surface area contributed by atoms with Gasteiger partial charge in [-0.2, -0.15) is 4.31 Å². The van der Waals surface area contributed by atoms with Crippen LogP contribution in [0.4, 0.5) is 0 Å². The highest BCUT2D eigenvalue weighted by Gasteiger charge is 2.25. The van der Waals surface area contributed by atoms with Gasteiger partial charge in [-0.3, -0.25) is 4.98 Å². The van der Waals surface area contributed by atoms with Gasteiger partial charge in [0.25, 0.3) is 0 Å². The average Bonchev–Trinajstić information content (AvgIpc) is 2.39. The normalized spacial score (nSPS) is 12.0. The fraction of sp³-hybridized carbons (Fsp3) is 0.583. The van der Waals surface area contributed by atoms with E-state index in [1.165, 1.54) is 4.31 Å². The number of sulfonamides is 1. The Morgan fingerprint density at radius 2 is 2.11 bits per heavy atom. The summed E-state index contributed by atoms with van der Waals surface area (Å²) in [5.41, 5.74) is 5.97. The van der Waals surface area contributed by atoms with Gasteiger partial charge in [0.2, 0.25) is 10.0 Å². The van der Waals surface area contributed by atoms with Gasteiger partial charge in [0.05, 0.1) is 5.69 Å². The van der Waals surface area contributed by atoms with E-state index in [9.17, 15) is 8.42 Å². The molecule has 0 unspecified atom stereocenters.